The van der Waals surface area contributed by atoms with E-state index in [-0.39, 0.29) is 11.8 Å². The lowest BCUT2D eigenvalue weighted by Gasteiger charge is -2.30. The third-order valence-corrected chi connectivity index (χ3v) is 8.42. The molecule has 282 valence electrons. The fourth-order valence-electron chi connectivity index (χ4n) is 5.12. The molecule has 51 heavy (non-hydrogen) atoms. The summed E-state index contributed by atoms with van der Waals surface area (Å²) in [4.78, 5) is 30.1. The second kappa shape index (κ2) is 28.2. The van der Waals surface area contributed by atoms with Gasteiger partial charge < -0.3 is 20.1 Å². The van der Waals surface area contributed by atoms with Crippen molar-refractivity contribution in [2.24, 2.45) is 0 Å². The first-order valence-electron chi connectivity index (χ1n) is 18.7. The van der Waals surface area contributed by atoms with E-state index in [9.17, 15) is 9.59 Å². The van der Waals surface area contributed by atoms with Gasteiger partial charge in [-0.05, 0) is 83.1 Å². The van der Waals surface area contributed by atoms with Crippen LogP contribution in [0.3, 0.4) is 0 Å². The molecule has 0 aromatic heterocycles. The number of carbonyl (C=O) groups excluding carboxylic acids is 2. The SMILES string of the molecule is CCC=CCC=CCC=CCC=CCC=CCC=CCCC(=O)NCCN(CCNC(=O)C(C)(C)Oc1ccc(Cl)cc1)CCN1CCOCC1. The lowest BCUT2D eigenvalue weighted by atomic mass is 10.1. The van der Waals surface area contributed by atoms with Crippen molar-refractivity contribution < 1.29 is 19.1 Å². The molecule has 1 aliphatic heterocycles. The molecule has 1 aromatic rings. The molecule has 1 saturated heterocycles. The summed E-state index contributed by atoms with van der Waals surface area (Å²) in [7, 11) is 0. The van der Waals surface area contributed by atoms with E-state index < -0.39 is 5.60 Å². The van der Waals surface area contributed by atoms with E-state index in [4.69, 9.17) is 21.1 Å². The first kappa shape index (κ1) is 43.7. The number of nitrogens with zero attached hydrogens (tertiary/aromatic N) is 2. The van der Waals surface area contributed by atoms with Gasteiger partial charge in [0.1, 0.15) is 5.75 Å². The van der Waals surface area contributed by atoms with E-state index in [2.05, 4.69) is 100 Å². The molecule has 0 unspecified atom stereocenters. The largest absolute Gasteiger partial charge is 0.478 e. The van der Waals surface area contributed by atoms with Gasteiger partial charge in [-0.15, -0.1) is 0 Å². The van der Waals surface area contributed by atoms with Gasteiger partial charge in [0.25, 0.3) is 5.91 Å². The van der Waals surface area contributed by atoms with Crippen molar-refractivity contribution in [1.82, 2.24) is 20.4 Å². The zero-order valence-corrected chi connectivity index (χ0v) is 32.1. The number of allylic oxidation sites excluding steroid dienone is 12. The van der Waals surface area contributed by atoms with Crippen LogP contribution >= 0.6 is 11.6 Å². The average Bonchev–Trinajstić information content (AvgIpc) is 3.12. The smallest absolute Gasteiger partial charge is 0.263 e. The molecule has 0 aliphatic carbocycles. The Morgan fingerprint density at radius 2 is 1.29 bits per heavy atom. The van der Waals surface area contributed by atoms with Crippen LogP contribution in [-0.2, 0) is 14.3 Å². The zero-order valence-electron chi connectivity index (χ0n) is 31.4. The number of benzene rings is 1. The topological polar surface area (TPSA) is 83.1 Å². The zero-order chi connectivity index (χ0) is 36.8. The molecule has 2 amide bonds. The summed E-state index contributed by atoms with van der Waals surface area (Å²) in [5.74, 6) is 0.452. The molecule has 0 radical (unpaired) electrons. The summed E-state index contributed by atoms with van der Waals surface area (Å²) >= 11 is 5.97. The molecule has 0 bridgehead atoms. The van der Waals surface area contributed by atoms with Gasteiger partial charge in [0.2, 0.25) is 5.91 Å². The van der Waals surface area contributed by atoms with Crippen LogP contribution in [0.15, 0.2) is 97.2 Å². The monoisotopic (exact) mass is 722 g/mol. The summed E-state index contributed by atoms with van der Waals surface area (Å²) in [6.45, 7) is 13.2. The minimum Gasteiger partial charge on any atom is -0.478 e. The van der Waals surface area contributed by atoms with Crippen molar-refractivity contribution in [2.45, 2.75) is 77.7 Å². The van der Waals surface area contributed by atoms with E-state index >= 15 is 0 Å². The summed E-state index contributed by atoms with van der Waals surface area (Å²) < 4.78 is 11.4. The Morgan fingerprint density at radius 3 is 1.84 bits per heavy atom. The van der Waals surface area contributed by atoms with E-state index in [0.29, 0.717) is 43.4 Å². The lowest BCUT2D eigenvalue weighted by molar-refractivity contribution is -0.134. The van der Waals surface area contributed by atoms with Crippen LogP contribution < -0.4 is 15.4 Å². The average molecular weight is 723 g/mol. The van der Waals surface area contributed by atoms with Crippen LogP contribution in [0.5, 0.6) is 5.75 Å². The third kappa shape index (κ3) is 22.9. The van der Waals surface area contributed by atoms with Crippen molar-refractivity contribution in [3.05, 3.63) is 102 Å². The van der Waals surface area contributed by atoms with Crippen molar-refractivity contribution in [2.75, 3.05) is 65.6 Å². The van der Waals surface area contributed by atoms with Gasteiger partial charge in [0.15, 0.2) is 5.60 Å². The highest BCUT2D eigenvalue weighted by Crippen LogP contribution is 2.21. The number of morpholine rings is 1. The van der Waals surface area contributed by atoms with E-state index in [1.165, 1.54) is 0 Å². The van der Waals surface area contributed by atoms with Crippen molar-refractivity contribution in [1.29, 1.82) is 0 Å². The van der Waals surface area contributed by atoms with Gasteiger partial charge in [0, 0.05) is 63.8 Å². The number of rotatable bonds is 26. The molecule has 1 aromatic carbocycles. The van der Waals surface area contributed by atoms with Gasteiger partial charge in [-0.25, -0.2) is 0 Å². The van der Waals surface area contributed by atoms with Crippen LogP contribution in [0.25, 0.3) is 0 Å². The highest BCUT2D eigenvalue weighted by Gasteiger charge is 2.29. The first-order valence-corrected chi connectivity index (χ1v) is 19.1. The maximum atomic E-state index is 13.0. The molecule has 2 rings (SSSR count). The Labute approximate surface area is 313 Å². The summed E-state index contributed by atoms with van der Waals surface area (Å²) in [5.41, 5.74) is -1.04. The third-order valence-electron chi connectivity index (χ3n) is 8.17. The van der Waals surface area contributed by atoms with Crippen molar-refractivity contribution in [3.8, 4) is 5.75 Å². The van der Waals surface area contributed by atoms with E-state index in [1.807, 2.05) is 0 Å². The second-order valence-corrected chi connectivity index (χ2v) is 13.4. The molecule has 1 heterocycles. The standard InChI is InChI=1S/C42H63ClN4O4/c1-4-5-6-7-8-9-10-11-12-13-14-15-16-17-18-19-20-21-22-23-40(48)44-28-30-46(32-33-47-34-36-50-37-35-47)31-29-45-41(49)42(2,3)51-39-26-24-38(43)25-27-39/h5-6,8-9,11-12,14-15,17-18,20-21,24-27H,4,7,10,13,16,19,22-23,28-37H2,1-3H3,(H,44,48)(H,45,49). The lowest BCUT2D eigenvalue weighted by Crippen LogP contribution is -2.49. The van der Waals surface area contributed by atoms with E-state index in [0.717, 1.165) is 84.3 Å². The van der Waals surface area contributed by atoms with Gasteiger partial charge in [-0.1, -0.05) is 91.4 Å². The predicted molar refractivity (Wildman–Crippen MR) is 213 cm³/mol. The molecule has 0 spiro atoms. The summed E-state index contributed by atoms with van der Waals surface area (Å²) in [6.07, 6.45) is 33.2. The number of nitrogens with one attached hydrogen (secondary N) is 2. The minimum atomic E-state index is -1.04. The Hall–Kier alpha value is -3.43. The number of ether oxygens (including phenoxy) is 2. The highest BCUT2D eigenvalue weighted by atomic mass is 35.5. The Kier molecular flexibility index (Phi) is 24.2. The summed E-state index contributed by atoms with van der Waals surface area (Å²) in [5, 5.41) is 6.71. The molecule has 1 aliphatic rings. The van der Waals surface area contributed by atoms with Crippen molar-refractivity contribution >= 4 is 23.4 Å². The second-order valence-electron chi connectivity index (χ2n) is 12.9. The van der Waals surface area contributed by atoms with Gasteiger partial charge in [-0.3, -0.25) is 19.4 Å². The number of halogens is 1. The summed E-state index contributed by atoms with van der Waals surface area (Å²) in [6, 6.07) is 6.98. The molecular formula is C42H63ClN4O4. The predicted octanol–water partition coefficient (Wildman–Crippen LogP) is 7.84. The Bertz CT molecular complexity index is 1260. The highest BCUT2D eigenvalue weighted by molar-refractivity contribution is 6.30. The molecule has 1 fully saturated rings. The molecule has 9 heteroatoms. The van der Waals surface area contributed by atoms with Crippen LogP contribution in [-0.4, -0.2) is 92.8 Å². The number of hydrogen-bond acceptors (Lipinski definition) is 6. The molecule has 8 nitrogen and oxygen atoms in total. The fraction of sp³-hybridized carbons (Fsp3) is 0.524. The molecule has 0 saturated carbocycles. The van der Waals surface area contributed by atoms with E-state index in [1.54, 1.807) is 38.1 Å². The molecule has 2 N–H and O–H groups in total. The molecular weight excluding hydrogens is 660 g/mol. The van der Waals surface area contributed by atoms with Gasteiger partial charge in [0.05, 0.1) is 13.2 Å². The first-order chi connectivity index (χ1) is 24.8. The van der Waals surface area contributed by atoms with Crippen molar-refractivity contribution in [3.63, 3.8) is 0 Å². The number of carbonyl (C=O) groups is 2. The van der Waals surface area contributed by atoms with Crippen LogP contribution in [0, 0.1) is 0 Å². The maximum absolute atomic E-state index is 13.0. The van der Waals surface area contributed by atoms with Gasteiger partial charge in [-0.2, -0.15) is 0 Å². The Morgan fingerprint density at radius 1 is 0.784 bits per heavy atom. The maximum Gasteiger partial charge on any atom is 0.263 e. The Balaban J connectivity index is 1.62. The van der Waals surface area contributed by atoms with Gasteiger partial charge >= 0.3 is 0 Å². The van der Waals surface area contributed by atoms with Crippen LogP contribution in [0.2, 0.25) is 5.02 Å². The van der Waals surface area contributed by atoms with Crippen LogP contribution in [0.1, 0.15) is 72.1 Å². The number of amides is 2. The fourth-order valence-corrected chi connectivity index (χ4v) is 5.25. The van der Waals surface area contributed by atoms with Crippen LogP contribution in [0.4, 0.5) is 0 Å². The normalized spacial score (nSPS) is 14.8. The number of hydrogen-bond donors (Lipinski definition) is 2. The quantitative estimate of drug-likeness (QED) is 0.0949. The molecule has 0 atom stereocenters. The minimum absolute atomic E-state index is 0.0528.